The molecule has 1 heterocycles. The molecular formula is C16H25ClN2O. The minimum Gasteiger partial charge on any atom is -0.391 e. The maximum atomic E-state index is 10.1. The Hall–Kier alpha value is -0.770. The van der Waals surface area contributed by atoms with Crippen molar-refractivity contribution >= 4 is 17.3 Å². The van der Waals surface area contributed by atoms with Gasteiger partial charge < -0.3 is 15.3 Å². The fraction of sp³-hybridized carbons (Fsp3) is 0.625. The van der Waals surface area contributed by atoms with E-state index < -0.39 is 0 Å². The number of hydrogen-bond donors (Lipinski definition) is 2. The highest BCUT2D eigenvalue weighted by Gasteiger charge is 2.25. The van der Waals surface area contributed by atoms with Gasteiger partial charge in [-0.2, -0.15) is 0 Å². The van der Waals surface area contributed by atoms with Crippen LogP contribution in [0.2, 0.25) is 5.02 Å². The zero-order chi connectivity index (χ0) is 14.7. The van der Waals surface area contributed by atoms with E-state index >= 15 is 0 Å². The molecule has 112 valence electrons. The van der Waals surface area contributed by atoms with Crippen molar-refractivity contribution in [3.8, 4) is 0 Å². The second kappa shape index (κ2) is 6.79. The number of aliphatic hydroxyl groups excluding tert-OH is 1. The average Bonchev–Trinajstić information content (AvgIpc) is 2.40. The van der Waals surface area contributed by atoms with Gasteiger partial charge in [-0.1, -0.05) is 38.4 Å². The highest BCUT2D eigenvalue weighted by Crippen LogP contribution is 2.29. The van der Waals surface area contributed by atoms with Crippen molar-refractivity contribution in [1.29, 1.82) is 0 Å². The molecule has 0 radical (unpaired) electrons. The maximum Gasteiger partial charge on any atom is 0.0741 e. The normalized spacial score (nSPS) is 23.4. The Labute approximate surface area is 126 Å². The summed E-state index contributed by atoms with van der Waals surface area (Å²) in [6.45, 7) is 8.89. The third-order valence-electron chi connectivity index (χ3n) is 4.01. The molecule has 0 aliphatic carbocycles. The molecule has 1 saturated heterocycles. The van der Waals surface area contributed by atoms with Crippen LogP contribution in [0, 0.1) is 5.92 Å². The number of halogens is 1. The molecule has 0 aromatic heterocycles. The van der Waals surface area contributed by atoms with E-state index in [2.05, 4.69) is 37.1 Å². The van der Waals surface area contributed by atoms with Gasteiger partial charge in [-0.05, 0) is 30.0 Å². The van der Waals surface area contributed by atoms with Crippen LogP contribution in [0.3, 0.4) is 0 Å². The van der Waals surface area contributed by atoms with E-state index in [0.29, 0.717) is 18.5 Å². The summed E-state index contributed by atoms with van der Waals surface area (Å²) in [6.07, 6.45) is 0.763. The number of nitrogens with zero attached hydrogens (tertiary/aromatic N) is 1. The summed E-state index contributed by atoms with van der Waals surface area (Å²) in [6, 6.07) is 6.48. The van der Waals surface area contributed by atoms with Gasteiger partial charge in [-0.3, -0.25) is 0 Å². The van der Waals surface area contributed by atoms with Crippen molar-refractivity contribution in [2.24, 2.45) is 5.92 Å². The Morgan fingerprint density at radius 3 is 2.85 bits per heavy atom. The van der Waals surface area contributed by atoms with Crippen LogP contribution in [0.4, 0.5) is 5.69 Å². The lowest BCUT2D eigenvalue weighted by Crippen LogP contribution is -2.43. The molecule has 2 unspecified atom stereocenters. The van der Waals surface area contributed by atoms with Gasteiger partial charge in [0.25, 0.3) is 0 Å². The van der Waals surface area contributed by atoms with Gasteiger partial charge in [-0.15, -0.1) is 0 Å². The first-order chi connectivity index (χ1) is 9.47. The van der Waals surface area contributed by atoms with E-state index in [-0.39, 0.29) is 6.10 Å². The lowest BCUT2D eigenvalue weighted by Gasteiger charge is -2.37. The van der Waals surface area contributed by atoms with Crippen LogP contribution in [0.25, 0.3) is 0 Å². The van der Waals surface area contributed by atoms with Crippen LogP contribution >= 0.6 is 11.6 Å². The van der Waals surface area contributed by atoms with Gasteiger partial charge >= 0.3 is 0 Å². The van der Waals surface area contributed by atoms with E-state index in [4.69, 9.17) is 11.6 Å². The zero-order valence-electron chi connectivity index (χ0n) is 12.6. The first kappa shape index (κ1) is 15.6. The summed E-state index contributed by atoms with van der Waals surface area (Å²) in [7, 11) is 0. The topological polar surface area (TPSA) is 35.5 Å². The van der Waals surface area contributed by atoms with E-state index in [9.17, 15) is 5.11 Å². The third-order valence-corrected chi connectivity index (χ3v) is 4.24. The molecule has 2 rings (SSSR count). The molecule has 0 amide bonds. The van der Waals surface area contributed by atoms with E-state index in [1.807, 2.05) is 12.1 Å². The van der Waals surface area contributed by atoms with Crippen LogP contribution in [0.15, 0.2) is 18.2 Å². The van der Waals surface area contributed by atoms with Gasteiger partial charge in [-0.25, -0.2) is 0 Å². The number of nitrogens with one attached hydrogen (secondary N) is 1. The Bertz CT molecular complexity index is 450. The fourth-order valence-corrected chi connectivity index (χ4v) is 2.73. The molecule has 2 N–H and O–H groups in total. The Morgan fingerprint density at radius 2 is 2.20 bits per heavy atom. The van der Waals surface area contributed by atoms with Gasteiger partial charge in [0.1, 0.15) is 0 Å². The average molecular weight is 297 g/mol. The first-order valence-corrected chi connectivity index (χ1v) is 7.80. The van der Waals surface area contributed by atoms with Crippen molar-refractivity contribution in [1.82, 2.24) is 5.32 Å². The van der Waals surface area contributed by atoms with Gasteiger partial charge in [0.15, 0.2) is 0 Å². The van der Waals surface area contributed by atoms with E-state index in [0.717, 1.165) is 30.2 Å². The second-order valence-corrected chi connectivity index (χ2v) is 6.52. The predicted octanol–water partition coefficient (Wildman–Crippen LogP) is 3.05. The number of benzene rings is 1. The maximum absolute atomic E-state index is 10.1. The number of hydrogen-bond acceptors (Lipinski definition) is 3. The summed E-state index contributed by atoms with van der Waals surface area (Å²) in [5.74, 6) is 0.377. The quantitative estimate of drug-likeness (QED) is 0.896. The standard InChI is InChI=1S/C16H25ClN2O/c1-11(2)18-9-13-4-5-14(17)8-15(13)19-7-6-12(3)16(20)10-19/h4-5,8,11-12,16,18,20H,6-7,9-10H2,1-3H3. The Morgan fingerprint density at radius 1 is 1.45 bits per heavy atom. The summed E-state index contributed by atoms with van der Waals surface area (Å²) in [5, 5.41) is 14.3. The summed E-state index contributed by atoms with van der Waals surface area (Å²) in [4.78, 5) is 2.26. The number of piperidine rings is 1. The molecule has 20 heavy (non-hydrogen) atoms. The number of aliphatic hydroxyl groups is 1. The Kier molecular flexibility index (Phi) is 5.30. The SMILES string of the molecule is CC(C)NCc1ccc(Cl)cc1N1CCC(C)C(O)C1. The third kappa shape index (κ3) is 3.87. The van der Waals surface area contributed by atoms with Crippen molar-refractivity contribution in [2.75, 3.05) is 18.0 Å². The summed E-state index contributed by atoms with van der Waals surface area (Å²) < 4.78 is 0. The first-order valence-electron chi connectivity index (χ1n) is 7.42. The molecule has 1 aliphatic rings. The molecule has 1 aromatic rings. The van der Waals surface area contributed by atoms with Crippen LogP contribution in [0.5, 0.6) is 0 Å². The van der Waals surface area contributed by atoms with Crippen molar-refractivity contribution in [3.05, 3.63) is 28.8 Å². The van der Waals surface area contributed by atoms with Crippen LogP contribution in [-0.2, 0) is 6.54 Å². The highest BCUT2D eigenvalue weighted by atomic mass is 35.5. The minimum absolute atomic E-state index is 0.256. The predicted molar refractivity (Wildman–Crippen MR) is 85.4 cm³/mol. The van der Waals surface area contributed by atoms with E-state index in [1.165, 1.54) is 5.56 Å². The molecule has 1 aliphatic heterocycles. The molecule has 2 atom stereocenters. The highest BCUT2D eigenvalue weighted by molar-refractivity contribution is 6.30. The number of rotatable bonds is 4. The molecule has 1 fully saturated rings. The van der Waals surface area contributed by atoms with Crippen LogP contribution < -0.4 is 10.2 Å². The molecule has 1 aromatic carbocycles. The molecular weight excluding hydrogens is 272 g/mol. The van der Waals surface area contributed by atoms with Crippen LogP contribution in [0.1, 0.15) is 32.8 Å². The van der Waals surface area contributed by atoms with Gasteiger partial charge in [0.05, 0.1) is 6.10 Å². The lowest BCUT2D eigenvalue weighted by molar-refractivity contribution is 0.103. The zero-order valence-corrected chi connectivity index (χ0v) is 13.3. The van der Waals surface area contributed by atoms with E-state index in [1.54, 1.807) is 0 Å². The Balaban J connectivity index is 2.18. The monoisotopic (exact) mass is 296 g/mol. The molecule has 0 saturated carbocycles. The molecule has 3 nitrogen and oxygen atoms in total. The van der Waals surface area contributed by atoms with Crippen molar-refractivity contribution in [2.45, 2.75) is 45.9 Å². The second-order valence-electron chi connectivity index (χ2n) is 6.09. The molecule has 0 spiro atoms. The smallest absolute Gasteiger partial charge is 0.0741 e. The summed E-state index contributed by atoms with van der Waals surface area (Å²) in [5.41, 5.74) is 2.39. The number of β-amino-alcohol motifs (C(OH)–C–C–N with tert-alkyl or cyclic N) is 1. The molecule has 0 bridgehead atoms. The largest absolute Gasteiger partial charge is 0.391 e. The minimum atomic E-state index is -0.256. The van der Waals surface area contributed by atoms with Gasteiger partial charge in [0.2, 0.25) is 0 Å². The van der Waals surface area contributed by atoms with Crippen molar-refractivity contribution in [3.63, 3.8) is 0 Å². The van der Waals surface area contributed by atoms with Crippen molar-refractivity contribution < 1.29 is 5.11 Å². The molecule has 4 heteroatoms. The summed E-state index contributed by atoms with van der Waals surface area (Å²) >= 11 is 6.15. The fourth-order valence-electron chi connectivity index (χ4n) is 2.56. The van der Waals surface area contributed by atoms with Crippen LogP contribution in [-0.4, -0.2) is 30.3 Å². The number of anilines is 1. The lowest BCUT2D eigenvalue weighted by atomic mass is 9.95. The van der Waals surface area contributed by atoms with Gasteiger partial charge in [0, 0.05) is 36.4 Å².